The summed E-state index contributed by atoms with van der Waals surface area (Å²) >= 11 is 0. The predicted molar refractivity (Wildman–Crippen MR) is 52.6 cm³/mol. The van der Waals surface area contributed by atoms with Crippen LogP contribution in [0.5, 0.6) is 0 Å². The summed E-state index contributed by atoms with van der Waals surface area (Å²) in [7, 11) is -4.64. The van der Waals surface area contributed by atoms with Crippen LogP contribution in [0.2, 0.25) is 0 Å². The van der Waals surface area contributed by atoms with Crippen LogP contribution < -0.4 is 11.1 Å². The Hall–Kier alpha value is -0.500. The fraction of sp³-hybridized carbons (Fsp3) is 0.833. The molecule has 0 aromatic heterocycles. The second-order valence-corrected chi connectivity index (χ2v) is 3.51. The first-order valence-electron chi connectivity index (χ1n) is 4.17. The van der Waals surface area contributed by atoms with Crippen molar-refractivity contribution < 1.29 is 29.1 Å². The summed E-state index contributed by atoms with van der Waals surface area (Å²) in [4.78, 5) is 32.2. The number of aliphatic hydroxyl groups is 1. The highest BCUT2D eigenvalue weighted by Gasteiger charge is 2.00. The Bertz CT molecular complexity index is 198. The summed E-state index contributed by atoms with van der Waals surface area (Å²) in [6.07, 6.45) is 0.974. The molecule has 7 N–H and O–H groups in total. The van der Waals surface area contributed by atoms with Gasteiger partial charge in [-0.2, -0.15) is 0 Å². The molecule has 0 bridgehead atoms. The van der Waals surface area contributed by atoms with E-state index in [0.717, 1.165) is 0 Å². The summed E-state index contributed by atoms with van der Waals surface area (Å²) in [5.41, 5.74) is 5.12. The van der Waals surface area contributed by atoms with Gasteiger partial charge in [0.2, 0.25) is 5.91 Å². The van der Waals surface area contributed by atoms with Crippen molar-refractivity contribution in [2.75, 3.05) is 19.7 Å². The fourth-order valence-corrected chi connectivity index (χ4v) is 0.526. The van der Waals surface area contributed by atoms with E-state index in [1.54, 1.807) is 0 Å². The zero-order valence-electron chi connectivity index (χ0n) is 8.17. The van der Waals surface area contributed by atoms with Crippen molar-refractivity contribution in [2.24, 2.45) is 5.73 Å². The molecule has 0 saturated heterocycles. The van der Waals surface area contributed by atoms with Gasteiger partial charge in [0, 0.05) is 26.1 Å². The molecule has 0 aliphatic rings. The van der Waals surface area contributed by atoms with Gasteiger partial charge in [-0.3, -0.25) is 4.79 Å². The molecule has 0 radical (unpaired) electrons. The molecule has 0 spiro atoms. The van der Waals surface area contributed by atoms with Gasteiger partial charge in [-0.05, 0) is 6.42 Å². The molecule has 92 valence electrons. The summed E-state index contributed by atoms with van der Waals surface area (Å²) in [6, 6.07) is 0. The van der Waals surface area contributed by atoms with E-state index < -0.39 is 7.82 Å². The van der Waals surface area contributed by atoms with Crippen LogP contribution in [0.15, 0.2) is 0 Å². The Kier molecular flexibility index (Phi) is 11.3. The number of carbonyl (C=O) groups excluding carboxylic acids is 1. The van der Waals surface area contributed by atoms with Crippen molar-refractivity contribution in [3.8, 4) is 0 Å². The molecule has 0 atom stereocenters. The monoisotopic (exact) mass is 244 g/mol. The zero-order valence-corrected chi connectivity index (χ0v) is 9.06. The molecule has 0 saturated carbocycles. The van der Waals surface area contributed by atoms with Crippen LogP contribution in [-0.2, 0) is 9.36 Å². The lowest BCUT2D eigenvalue weighted by Gasteiger charge is -2.00. The van der Waals surface area contributed by atoms with Crippen LogP contribution >= 0.6 is 7.82 Å². The second-order valence-electron chi connectivity index (χ2n) is 2.48. The molecule has 15 heavy (non-hydrogen) atoms. The first-order chi connectivity index (χ1) is 6.81. The van der Waals surface area contributed by atoms with E-state index in [1.165, 1.54) is 0 Å². The lowest BCUT2D eigenvalue weighted by molar-refractivity contribution is -0.120. The number of aliphatic hydroxyl groups excluding tert-OH is 1. The lowest BCUT2D eigenvalue weighted by atomic mass is 10.4. The van der Waals surface area contributed by atoms with E-state index in [4.69, 9.17) is 30.1 Å². The number of carbonyl (C=O) groups is 1. The van der Waals surface area contributed by atoms with Crippen LogP contribution in [0.25, 0.3) is 0 Å². The molecule has 0 aromatic carbocycles. The maximum absolute atomic E-state index is 10.6. The van der Waals surface area contributed by atoms with E-state index in [1.807, 2.05) is 0 Å². The van der Waals surface area contributed by atoms with E-state index in [0.29, 0.717) is 25.9 Å². The molecule has 0 fully saturated rings. The smallest absolute Gasteiger partial charge is 0.396 e. The van der Waals surface area contributed by atoms with Crippen molar-refractivity contribution in [3.63, 3.8) is 0 Å². The first kappa shape index (κ1) is 16.9. The average Bonchev–Trinajstić information content (AvgIpc) is 2.02. The van der Waals surface area contributed by atoms with Gasteiger partial charge in [-0.25, -0.2) is 4.57 Å². The highest BCUT2D eigenvalue weighted by Crippen LogP contribution is 2.25. The van der Waals surface area contributed by atoms with E-state index in [9.17, 15) is 4.79 Å². The number of phosphoric acid groups is 1. The molecule has 0 unspecified atom stereocenters. The Labute approximate surface area is 87.3 Å². The number of nitrogens with one attached hydrogen (secondary N) is 1. The van der Waals surface area contributed by atoms with Crippen molar-refractivity contribution >= 4 is 13.7 Å². The minimum atomic E-state index is -4.64. The van der Waals surface area contributed by atoms with E-state index in [-0.39, 0.29) is 12.5 Å². The summed E-state index contributed by atoms with van der Waals surface area (Å²) in [6.45, 7) is 1.03. The molecule has 9 heteroatoms. The van der Waals surface area contributed by atoms with Gasteiger partial charge in [-0.1, -0.05) is 0 Å². The van der Waals surface area contributed by atoms with Crippen molar-refractivity contribution in [2.45, 2.75) is 12.8 Å². The van der Waals surface area contributed by atoms with Crippen LogP contribution in [0.4, 0.5) is 0 Å². The number of rotatable bonds is 5. The van der Waals surface area contributed by atoms with Gasteiger partial charge >= 0.3 is 7.82 Å². The predicted octanol–water partition coefficient (Wildman–Crippen LogP) is -2.09. The molecule has 0 rings (SSSR count). The van der Waals surface area contributed by atoms with Crippen LogP contribution in [-0.4, -0.2) is 45.4 Å². The topological polar surface area (TPSA) is 153 Å². The second kappa shape index (κ2) is 10.0. The highest BCUT2D eigenvalue weighted by atomic mass is 31.2. The van der Waals surface area contributed by atoms with Gasteiger partial charge in [-0.15, -0.1) is 0 Å². The van der Waals surface area contributed by atoms with Crippen molar-refractivity contribution in [1.82, 2.24) is 5.32 Å². The van der Waals surface area contributed by atoms with Crippen LogP contribution in [0, 0.1) is 0 Å². The van der Waals surface area contributed by atoms with Crippen LogP contribution in [0.1, 0.15) is 12.8 Å². The molecule has 0 aliphatic heterocycles. The number of hydrogen-bond acceptors (Lipinski definition) is 4. The first-order valence-corrected chi connectivity index (χ1v) is 5.73. The van der Waals surface area contributed by atoms with Gasteiger partial charge < -0.3 is 30.8 Å². The minimum Gasteiger partial charge on any atom is -0.396 e. The van der Waals surface area contributed by atoms with Crippen molar-refractivity contribution in [3.05, 3.63) is 0 Å². The molecular formula is C6H17N2O6P. The summed E-state index contributed by atoms with van der Waals surface area (Å²) in [5, 5.41) is 10.9. The van der Waals surface area contributed by atoms with Gasteiger partial charge in [0.25, 0.3) is 0 Å². The van der Waals surface area contributed by atoms with Crippen molar-refractivity contribution in [1.29, 1.82) is 0 Å². The standard InChI is InChI=1S/C6H14N2O2.H3O4P/c7-3-2-6(10)8-4-1-5-9;1-5(2,3)4/h9H,1-5,7H2,(H,8,10);(H3,1,2,3,4). The fourth-order valence-electron chi connectivity index (χ4n) is 0.526. The highest BCUT2D eigenvalue weighted by molar-refractivity contribution is 7.45. The molecule has 8 nitrogen and oxygen atoms in total. The maximum atomic E-state index is 10.6. The summed E-state index contributed by atoms with van der Waals surface area (Å²) in [5.74, 6) is -0.0454. The van der Waals surface area contributed by atoms with E-state index >= 15 is 0 Å². The molecule has 0 heterocycles. The third kappa shape index (κ3) is 31.7. The van der Waals surface area contributed by atoms with Gasteiger partial charge in [0.15, 0.2) is 0 Å². The normalized spacial score (nSPS) is 10.2. The summed E-state index contributed by atoms with van der Waals surface area (Å²) < 4.78 is 8.88. The number of nitrogens with two attached hydrogens (primary N) is 1. The average molecular weight is 244 g/mol. The lowest BCUT2D eigenvalue weighted by Crippen LogP contribution is -2.26. The number of amides is 1. The zero-order chi connectivity index (χ0) is 12.3. The third-order valence-corrected chi connectivity index (χ3v) is 1.03. The molecule has 0 aliphatic carbocycles. The van der Waals surface area contributed by atoms with Gasteiger partial charge in [0.1, 0.15) is 0 Å². The number of hydrogen-bond donors (Lipinski definition) is 6. The largest absolute Gasteiger partial charge is 0.466 e. The molecule has 1 amide bonds. The Morgan fingerprint density at radius 3 is 2.13 bits per heavy atom. The van der Waals surface area contributed by atoms with Gasteiger partial charge in [0.05, 0.1) is 0 Å². The van der Waals surface area contributed by atoms with Crippen LogP contribution in [0.3, 0.4) is 0 Å². The third-order valence-electron chi connectivity index (χ3n) is 1.03. The Morgan fingerprint density at radius 2 is 1.80 bits per heavy atom. The maximum Gasteiger partial charge on any atom is 0.466 e. The minimum absolute atomic E-state index is 0.0454. The SMILES string of the molecule is NCCC(=O)NCCCO.O=P(O)(O)O. The van der Waals surface area contributed by atoms with E-state index in [2.05, 4.69) is 5.32 Å². The Morgan fingerprint density at radius 1 is 1.33 bits per heavy atom. The quantitative estimate of drug-likeness (QED) is 0.239. The molecule has 0 aromatic rings. The molecular weight excluding hydrogens is 227 g/mol. The Balaban J connectivity index is 0.